The predicted molar refractivity (Wildman–Crippen MR) is 139 cm³/mol. The van der Waals surface area contributed by atoms with Crippen LogP contribution in [-0.4, -0.2) is 64.2 Å². The monoisotopic (exact) mass is 507 g/mol. The summed E-state index contributed by atoms with van der Waals surface area (Å²) in [6, 6.07) is 4.63. The summed E-state index contributed by atoms with van der Waals surface area (Å²) in [5.41, 5.74) is -0.158. The number of unbranched alkanes of at least 4 members (excludes halogenated alkanes) is 1. The van der Waals surface area contributed by atoms with Crippen LogP contribution in [0.3, 0.4) is 0 Å². The molecule has 1 aromatic carbocycles. The molecule has 0 aliphatic heterocycles. The number of nitrogens with zero attached hydrogens (tertiary/aromatic N) is 1. The van der Waals surface area contributed by atoms with Crippen LogP contribution in [0, 0.1) is 0 Å². The standard InChI is InChI=1S/C26H41N3O5S/c1-6-7-15-27-23(31)22(18-10-8-13-20(30)17-18)29(19-11-9-12-19)24(32)21(14-16-35-5)28-25(33)34-26(2,3)4/h8,10,13,17,19,21-22,30H,6-7,9,11-12,14-16H2,1-5H3,(H,27,31)(H,28,33). The molecule has 9 heteroatoms. The highest BCUT2D eigenvalue weighted by atomic mass is 32.2. The summed E-state index contributed by atoms with van der Waals surface area (Å²) < 4.78 is 5.41. The van der Waals surface area contributed by atoms with Crippen LogP contribution >= 0.6 is 11.8 Å². The van der Waals surface area contributed by atoms with Gasteiger partial charge in [-0.15, -0.1) is 0 Å². The number of rotatable bonds is 12. The maximum Gasteiger partial charge on any atom is 0.408 e. The summed E-state index contributed by atoms with van der Waals surface area (Å²) in [6.07, 6.45) is 5.98. The van der Waals surface area contributed by atoms with Gasteiger partial charge in [0.2, 0.25) is 11.8 Å². The molecule has 0 saturated heterocycles. The van der Waals surface area contributed by atoms with E-state index in [0.717, 1.165) is 32.1 Å². The van der Waals surface area contributed by atoms with E-state index in [-0.39, 0.29) is 23.6 Å². The number of carbonyl (C=O) groups excluding carboxylic acids is 3. The predicted octanol–water partition coefficient (Wildman–Crippen LogP) is 4.38. The first-order chi connectivity index (χ1) is 16.6. The van der Waals surface area contributed by atoms with Gasteiger partial charge in [0.25, 0.3) is 0 Å². The maximum atomic E-state index is 14.0. The number of phenols is 1. The number of ether oxygens (including phenoxy) is 1. The molecule has 0 heterocycles. The molecule has 3 N–H and O–H groups in total. The third-order valence-corrected chi connectivity index (χ3v) is 6.51. The molecule has 2 atom stereocenters. The quantitative estimate of drug-likeness (QED) is 0.363. The Bertz CT molecular complexity index is 854. The molecule has 0 aromatic heterocycles. The molecule has 35 heavy (non-hydrogen) atoms. The summed E-state index contributed by atoms with van der Waals surface area (Å²) in [4.78, 5) is 41.7. The number of thioether (sulfide) groups is 1. The second-order valence-corrected chi connectivity index (χ2v) is 10.9. The van der Waals surface area contributed by atoms with Crippen molar-refractivity contribution < 1.29 is 24.2 Å². The van der Waals surface area contributed by atoms with Crippen molar-refractivity contribution in [3.05, 3.63) is 29.8 Å². The summed E-state index contributed by atoms with van der Waals surface area (Å²) in [6.45, 7) is 7.85. The van der Waals surface area contributed by atoms with E-state index in [9.17, 15) is 19.5 Å². The highest BCUT2D eigenvalue weighted by molar-refractivity contribution is 7.98. The van der Waals surface area contributed by atoms with Crippen LogP contribution in [0.5, 0.6) is 5.75 Å². The number of benzene rings is 1. The van der Waals surface area contributed by atoms with Gasteiger partial charge in [-0.25, -0.2) is 4.79 Å². The Kier molecular flexibility index (Phi) is 11.2. The Balaban J connectivity index is 2.42. The Labute approximate surface area is 213 Å². The number of carbonyl (C=O) groups is 3. The average Bonchev–Trinajstić information content (AvgIpc) is 2.73. The topological polar surface area (TPSA) is 108 Å². The summed E-state index contributed by atoms with van der Waals surface area (Å²) in [5.74, 6) is 0.0870. The number of aromatic hydroxyl groups is 1. The highest BCUT2D eigenvalue weighted by Gasteiger charge is 2.41. The van der Waals surface area contributed by atoms with Crippen LogP contribution in [0.25, 0.3) is 0 Å². The summed E-state index contributed by atoms with van der Waals surface area (Å²) in [5, 5.41) is 15.8. The van der Waals surface area contributed by atoms with Gasteiger partial charge in [-0.2, -0.15) is 11.8 Å². The lowest BCUT2D eigenvalue weighted by Gasteiger charge is -2.43. The van der Waals surface area contributed by atoms with E-state index in [4.69, 9.17) is 4.74 Å². The first-order valence-electron chi connectivity index (χ1n) is 12.4. The normalized spacial score (nSPS) is 15.5. The minimum atomic E-state index is -0.908. The fourth-order valence-corrected chi connectivity index (χ4v) is 4.40. The summed E-state index contributed by atoms with van der Waals surface area (Å²) in [7, 11) is 0. The molecule has 1 aromatic rings. The zero-order valence-electron chi connectivity index (χ0n) is 21.6. The molecular weight excluding hydrogens is 466 g/mol. The second kappa shape index (κ2) is 13.6. The van der Waals surface area contributed by atoms with E-state index >= 15 is 0 Å². The van der Waals surface area contributed by atoms with Crippen molar-refractivity contribution in [1.82, 2.24) is 15.5 Å². The zero-order chi connectivity index (χ0) is 26.0. The largest absolute Gasteiger partial charge is 0.508 e. The molecule has 1 saturated carbocycles. The van der Waals surface area contributed by atoms with Crippen molar-refractivity contribution >= 4 is 29.7 Å². The van der Waals surface area contributed by atoms with E-state index in [1.54, 1.807) is 49.6 Å². The zero-order valence-corrected chi connectivity index (χ0v) is 22.5. The van der Waals surface area contributed by atoms with Gasteiger partial charge < -0.3 is 25.4 Å². The first kappa shape index (κ1) is 28.8. The van der Waals surface area contributed by atoms with Gasteiger partial charge in [0.15, 0.2) is 0 Å². The fourth-order valence-electron chi connectivity index (χ4n) is 3.92. The Morgan fingerprint density at radius 1 is 1.26 bits per heavy atom. The van der Waals surface area contributed by atoms with Crippen LogP contribution in [-0.2, 0) is 14.3 Å². The number of nitrogens with one attached hydrogen (secondary N) is 2. The van der Waals surface area contributed by atoms with E-state index in [0.29, 0.717) is 24.3 Å². The average molecular weight is 508 g/mol. The minimum Gasteiger partial charge on any atom is -0.508 e. The van der Waals surface area contributed by atoms with E-state index in [2.05, 4.69) is 10.6 Å². The maximum absolute atomic E-state index is 14.0. The molecule has 2 rings (SSSR count). The van der Waals surface area contributed by atoms with Gasteiger partial charge in [0, 0.05) is 12.6 Å². The summed E-state index contributed by atoms with van der Waals surface area (Å²) >= 11 is 1.58. The van der Waals surface area contributed by atoms with Crippen LogP contribution < -0.4 is 10.6 Å². The lowest BCUT2D eigenvalue weighted by Crippen LogP contribution is -2.57. The van der Waals surface area contributed by atoms with Crippen molar-refractivity contribution in [1.29, 1.82) is 0 Å². The van der Waals surface area contributed by atoms with Gasteiger partial charge in [0.05, 0.1) is 0 Å². The molecule has 1 aliphatic rings. The third-order valence-electron chi connectivity index (χ3n) is 5.86. The highest BCUT2D eigenvalue weighted by Crippen LogP contribution is 2.35. The van der Waals surface area contributed by atoms with Crippen LogP contribution in [0.15, 0.2) is 24.3 Å². The van der Waals surface area contributed by atoms with Gasteiger partial charge >= 0.3 is 6.09 Å². The van der Waals surface area contributed by atoms with Crippen molar-refractivity contribution in [3.8, 4) is 5.75 Å². The van der Waals surface area contributed by atoms with Gasteiger partial charge in [-0.05, 0) is 82.6 Å². The van der Waals surface area contributed by atoms with Gasteiger partial charge in [-0.3, -0.25) is 9.59 Å². The van der Waals surface area contributed by atoms with E-state index < -0.39 is 23.8 Å². The SMILES string of the molecule is CCCCNC(=O)C(c1cccc(O)c1)N(C(=O)C(CCSC)NC(=O)OC(C)(C)C)C1CCC1. The number of phenolic OH excluding ortho intramolecular Hbond substituents is 1. The molecular formula is C26H41N3O5S. The van der Waals surface area contributed by atoms with E-state index in [1.165, 1.54) is 12.1 Å². The molecule has 0 spiro atoms. The van der Waals surface area contributed by atoms with Crippen molar-refractivity contribution in [3.63, 3.8) is 0 Å². The number of hydrogen-bond donors (Lipinski definition) is 3. The third kappa shape index (κ3) is 8.94. The van der Waals surface area contributed by atoms with Crippen molar-refractivity contribution in [2.24, 2.45) is 0 Å². The molecule has 3 amide bonds. The second-order valence-electron chi connectivity index (χ2n) is 9.95. The number of hydrogen-bond acceptors (Lipinski definition) is 6. The van der Waals surface area contributed by atoms with Crippen LogP contribution in [0.2, 0.25) is 0 Å². The van der Waals surface area contributed by atoms with Crippen LogP contribution in [0.4, 0.5) is 4.79 Å². The molecule has 1 fully saturated rings. The molecule has 0 radical (unpaired) electrons. The molecule has 8 nitrogen and oxygen atoms in total. The smallest absolute Gasteiger partial charge is 0.408 e. The van der Waals surface area contributed by atoms with Crippen molar-refractivity contribution in [2.75, 3.05) is 18.6 Å². The molecule has 2 unspecified atom stereocenters. The first-order valence-corrected chi connectivity index (χ1v) is 13.8. The Morgan fingerprint density at radius 3 is 2.51 bits per heavy atom. The van der Waals surface area contributed by atoms with Crippen LogP contribution in [0.1, 0.15) is 77.8 Å². The lowest BCUT2D eigenvalue weighted by atomic mass is 9.88. The molecule has 0 bridgehead atoms. The van der Waals surface area contributed by atoms with E-state index in [1.807, 2.05) is 13.2 Å². The molecule has 1 aliphatic carbocycles. The molecule has 196 valence electrons. The van der Waals surface area contributed by atoms with Gasteiger partial charge in [0.1, 0.15) is 23.4 Å². The van der Waals surface area contributed by atoms with Gasteiger partial charge in [-0.1, -0.05) is 25.5 Å². The Morgan fingerprint density at radius 2 is 1.97 bits per heavy atom. The minimum absolute atomic E-state index is 0.0284. The van der Waals surface area contributed by atoms with Crippen molar-refractivity contribution in [2.45, 2.75) is 89.9 Å². The number of amides is 3. The Hall–Kier alpha value is -2.42. The fraction of sp³-hybridized carbons (Fsp3) is 0.654. The number of alkyl carbamates (subject to hydrolysis) is 1. The lowest BCUT2D eigenvalue weighted by molar-refractivity contribution is -0.147.